The highest BCUT2D eigenvalue weighted by Gasteiger charge is 2.27. The van der Waals surface area contributed by atoms with Crippen LogP contribution in [0.2, 0.25) is 0 Å². The first kappa shape index (κ1) is 17.1. The van der Waals surface area contributed by atoms with Crippen LogP contribution in [-0.4, -0.2) is 47.3 Å². The van der Waals surface area contributed by atoms with E-state index in [2.05, 4.69) is 15.5 Å². The zero-order chi connectivity index (χ0) is 15.3. The Morgan fingerprint density at radius 3 is 2.65 bits per heavy atom. The van der Waals surface area contributed by atoms with Gasteiger partial charge in [-0.2, -0.15) is 5.10 Å². The summed E-state index contributed by atoms with van der Waals surface area (Å²) in [5.41, 5.74) is 0.0528. The molecule has 1 unspecified atom stereocenters. The molecule has 1 aromatic heterocycles. The van der Waals surface area contributed by atoms with Gasteiger partial charge in [0.2, 0.25) is 0 Å². The number of carbonyl (C=O) groups is 1. The third-order valence-corrected chi connectivity index (χ3v) is 4.60. The van der Waals surface area contributed by atoms with Gasteiger partial charge in [-0.1, -0.05) is 13.3 Å². The minimum atomic E-state index is -4.07. The van der Waals surface area contributed by atoms with E-state index in [9.17, 15) is 17.4 Å². The first-order chi connectivity index (χ1) is 9.27. The minimum Gasteiger partial charge on any atom is -0.350 e. The Morgan fingerprint density at radius 1 is 1.50 bits per heavy atom. The first-order valence-corrected chi connectivity index (χ1v) is 9.91. The maximum Gasteiger partial charge on any atom is 0.273 e. The number of rotatable bonds is 7. The zero-order valence-corrected chi connectivity index (χ0v) is 13.5. The molecular formula is C10H16ClN3O4S2. The molecule has 7 nitrogen and oxygen atoms in total. The van der Waals surface area contributed by atoms with Gasteiger partial charge in [0.1, 0.15) is 4.90 Å². The average molecular weight is 342 g/mol. The van der Waals surface area contributed by atoms with Crippen molar-refractivity contribution in [3.8, 4) is 0 Å². The summed E-state index contributed by atoms with van der Waals surface area (Å²) in [5.74, 6) is -0.380. The lowest BCUT2D eigenvalue weighted by Gasteiger charge is -2.03. The molecule has 1 aromatic rings. The van der Waals surface area contributed by atoms with Crippen LogP contribution in [-0.2, 0) is 26.3 Å². The summed E-state index contributed by atoms with van der Waals surface area (Å²) >= 11 is 0. The number of hydrogen-bond acceptors (Lipinski definition) is 5. The molecule has 1 atom stereocenters. The van der Waals surface area contributed by atoms with Crippen molar-refractivity contribution in [2.24, 2.45) is 0 Å². The maximum atomic E-state index is 11.9. The number of nitrogens with one attached hydrogen (secondary N) is 2. The number of hydrogen-bond donors (Lipinski definition) is 2. The maximum absolute atomic E-state index is 11.9. The van der Waals surface area contributed by atoms with Crippen molar-refractivity contribution in [2.45, 2.75) is 24.7 Å². The van der Waals surface area contributed by atoms with Gasteiger partial charge in [0.25, 0.3) is 15.0 Å². The molecule has 0 aromatic carbocycles. The van der Waals surface area contributed by atoms with Crippen molar-refractivity contribution in [3.05, 3.63) is 11.4 Å². The SMILES string of the molecule is CCCc1[nH]nc(C(=O)NCCS(C)=O)c1S(=O)(=O)Cl. The third-order valence-electron chi connectivity index (χ3n) is 2.43. The van der Waals surface area contributed by atoms with Gasteiger partial charge in [0.05, 0.1) is 5.69 Å². The number of aromatic nitrogens is 2. The second-order valence-corrected chi connectivity index (χ2v) is 8.16. The molecule has 1 rings (SSSR count). The van der Waals surface area contributed by atoms with E-state index < -0.39 is 25.8 Å². The molecule has 0 saturated carbocycles. The Morgan fingerprint density at radius 2 is 2.15 bits per heavy atom. The molecule has 114 valence electrons. The van der Waals surface area contributed by atoms with Gasteiger partial charge in [0, 0.05) is 40.0 Å². The molecular weight excluding hydrogens is 326 g/mol. The summed E-state index contributed by atoms with van der Waals surface area (Å²) in [4.78, 5) is 11.6. The number of amides is 1. The molecule has 0 aliphatic carbocycles. The summed E-state index contributed by atoms with van der Waals surface area (Å²) in [6.45, 7) is 2.03. The summed E-state index contributed by atoms with van der Waals surface area (Å²) in [6.07, 6.45) is 2.60. The van der Waals surface area contributed by atoms with E-state index in [-0.39, 0.29) is 22.9 Å². The van der Waals surface area contributed by atoms with E-state index >= 15 is 0 Å². The van der Waals surface area contributed by atoms with Gasteiger partial charge < -0.3 is 5.32 Å². The molecule has 0 spiro atoms. The molecule has 0 saturated heterocycles. The topological polar surface area (TPSA) is 109 Å². The Hall–Kier alpha value is -0.930. The molecule has 1 amide bonds. The van der Waals surface area contributed by atoms with Gasteiger partial charge in [-0.15, -0.1) is 0 Å². The largest absolute Gasteiger partial charge is 0.350 e. The van der Waals surface area contributed by atoms with Gasteiger partial charge >= 0.3 is 0 Å². The van der Waals surface area contributed by atoms with Crippen LogP contribution in [0.3, 0.4) is 0 Å². The quantitative estimate of drug-likeness (QED) is 0.698. The van der Waals surface area contributed by atoms with E-state index in [1.54, 1.807) is 0 Å². The molecule has 0 aliphatic rings. The highest BCUT2D eigenvalue weighted by Crippen LogP contribution is 2.23. The zero-order valence-electron chi connectivity index (χ0n) is 11.1. The molecule has 20 heavy (non-hydrogen) atoms. The molecule has 0 radical (unpaired) electrons. The van der Waals surface area contributed by atoms with Crippen molar-refractivity contribution in [1.82, 2.24) is 15.5 Å². The van der Waals surface area contributed by atoms with Crippen LogP contribution in [0.25, 0.3) is 0 Å². The second kappa shape index (κ2) is 7.19. The fraction of sp³-hybridized carbons (Fsp3) is 0.600. The molecule has 0 aliphatic heterocycles. The monoisotopic (exact) mass is 341 g/mol. The third kappa shape index (κ3) is 4.57. The highest BCUT2D eigenvalue weighted by atomic mass is 35.7. The molecule has 2 N–H and O–H groups in total. The van der Waals surface area contributed by atoms with Gasteiger partial charge in [-0.05, 0) is 6.42 Å². The van der Waals surface area contributed by atoms with Gasteiger partial charge in [0.15, 0.2) is 5.69 Å². The van der Waals surface area contributed by atoms with E-state index in [4.69, 9.17) is 10.7 Å². The van der Waals surface area contributed by atoms with Crippen LogP contribution in [0.5, 0.6) is 0 Å². The van der Waals surface area contributed by atoms with E-state index in [0.717, 1.165) is 0 Å². The lowest BCUT2D eigenvalue weighted by Crippen LogP contribution is -2.28. The number of halogens is 1. The number of nitrogens with zero attached hydrogens (tertiary/aromatic N) is 1. The lowest BCUT2D eigenvalue weighted by molar-refractivity contribution is 0.0948. The Balaban J connectivity index is 3.00. The molecule has 1 heterocycles. The van der Waals surface area contributed by atoms with E-state index in [1.807, 2.05) is 6.92 Å². The highest BCUT2D eigenvalue weighted by molar-refractivity contribution is 8.13. The Bertz CT molecular complexity index is 612. The van der Waals surface area contributed by atoms with Crippen LogP contribution in [0.15, 0.2) is 4.90 Å². The molecule has 10 heteroatoms. The predicted octanol–water partition coefficient (Wildman–Crippen LogP) is 0.398. The van der Waals surface area contributed by atoms with Crippen LogP contribution in [0, 0.1) is 0 Å². The van der Waals surface area contributed by atoms with Crippen molar-refractivity contribution in [3.63, 3.8) is 0 Å². The normalized spacial score (nSPS) is 13.2. The number of H-pyrrole nitrogens is 1. The lowest BCUT2D eigenvalue weighted by atomic mass is 10.2. The molecule has 0 bridgehead atoms. The predicted molar refractivity (Wildman–Crippen MR) is 76.9 cm³/mol. The number of carbonyl (C=O) groups excluding carboxylic acids is 1. The van der Waals surface area contributed by atoms with Crippen LogP contribution in [0.1, 0.15) is 29.5 Å². The van der Waals surface area contributed by atoms with Gasteiger partial charge in [-0.25, -0.2) is 8.42 Å². The van der Waals surface area contributed by atoms with E-state index in [0.29, 0.717) is 18.5 Å². The van der Waals surface area contributed by atoms with E-state index in [1.165, 1.54) is 6.26 Å². The average Bonchev–Trinajstić information content (AvgIpc) is 2.72. The second-order valence-electron chi connectivity index (χ2n) is 4.10. The van der Waals surface area contributed by atoms with Crippen molar-refractivity contribution >= 4 is 36.4 Å². The smallest absolute Gasteiger partial charge is 0.273 e. The fourth-order valence-corrected chi connectivity index (χ4v) is 3.30. The summed E-state index contributed by atoms with van der Waals surface area (Å²) in [6, 6.07) is 0. The summed E-state index contributed by atoms with van der Waals surface area (Å²) in [5, 5.41) is 8.71. The standard InChI is InChI=1S/C10H16ClN3O4S2/c1-3-4-7-9(20(11,17)18)8(14-13-7)10(15)12-5-6-19(2)16/h3-6H2,1-2H3,(H,12,15)(H,13,14). The molecule has 0 fully saturated rings. The fourth-order valence-electron chi connectivity index (χ4n) is 1.60. The Kier molecular flexibility index (Phi) is 6.15. The van der Waals surface area contributed by atoms with Gasteiger partial charge in [-0.3, -0.25) is 14.1 Å². The first-order valence-electron chi connectivity index (χ1n) is 5.87. The van der Waals surface area contributed by atoms with Crippen LogP contribution in [0.4, 0.5) is 0 Å². The number of aromatic amines is 1. The minimum absolute atomic E-state index is 0.166. The number of aryl methyl sites for hydroxylation is 1. The van der Waals surface area contributed by atoms with Crippen molar-refractivity contribution in [2.75, 3.05) is 18.6 Å². The summed E-state index contributed by atoms with van der Waals surface area (Å²) in [7, 11) is 0.240. The van der Waals surface area contributed by atoms with Crippen LogP contribution >= 0.6 is 10.7 Å². The summed E-state index contributed by atoms with van der Waals surface area (Å²) < 4.78 is 34.0. The van der Waals surface area contributed by atoms with Crippen LogP contribution < -0.4 is 5.32 Å². The Labute approximate surface area is 124 Å². The van der Waals surface area contributed by atoms with Crippen molar-refractivity contribution < 1.29 is 17.4 Å². The van der Waals surface area contributed by atoms with Crippen molar-refractivity contribution in [1.29, 1.82) is 0 Å².